The number of halogens is 1. The van der Waals surface area contributed by atoms with Crippen molar-refractivity contribution < 1.29 is 4.43 Å². The third-order valence-corrected chi connectivity index (χ3v) is 7.70. The minimum Gasteiger partial charge on any atom is -0.411 e. The largest absolute Gasteiger partial charge is 0.411 e. The Hall–Kier alpha value is -0.453. The summed E-state index contributed by atoms with van der Waals surface area (Å²) >= 11 is 5.77. The van der Waals surface area contributed by atoms with Crippen LogP contribution in [0.5, 0.6) is 0 Å². The number of aromatic nitrogens is 2. The van der Waals surface area contributed by atoms with E-state index in [4.69, 9.17) is 16.0 Å². The molecule has 0 atom stereocenters. The van der Waals surface area contributed by atoms with Crippen molar-refractivity contribution in [1.82, 2.24) is 9.97 Å². The van der Waals surface area contributed by atoms with Gasteiger partial charge in [0, 0.05) is 0 Å². The van der Waals surface area contributed by atoms with E-state index >= 15 is 0 Å². The van der Waals surface area contributed by atoms with Gasteiger partial charge >= 0.3 is 0 Å². The quantitative estimate of drug-likeness (QED) is 0.777. The predicted molar refractivity (Wildman–Crippen MR) is 69.0 cm³/mol. The van der Waals surface area contributed by atoms with Crippen LogP contribution in [0.3, 0.4) is 0 Å². The van der Waals surface area contributed by atoms with Crippen molar-refractivity contribution >= 4 is 19.9 Å². The molecule has 0 saturated heterocycles. The first-order valence-corrected chi connectivity index (χ1v) is 8.61. The van der Waals surface area contributed by atoms with Crippen LogP contribution in [-0.4, -0.2) is 18.3 Å². The van der Waals surface area contributed by atoms with Crippen LogP contribution in [-0.2, 0) is 11.0 Å². The second-order valence-corrected chi connectivity index (χ2v) is 10.6. The first-order chi connectivity index (χ1) is 7.22. The van der Waals surface area contributed by atoms with Crippen molar-refractivity contribution in [1.29, 1.82) is 0 Å². The maximum atomic E-state index is 6.01. The Morgan fingerprint density at radius 1 is 1.31 bits per heavy atom. The molecule has 0 radical (unpaired) electrons. The molecular formula is C11H19ClN2OSi. The van der Waals surface area contributed by atoms with Crippen LogP contribution in [0.15, 0.2) is 12.4 Å². The fourth-order valence-electron chi connectivity index (χ4n) is 0.920. The molecule has 16 heavy (non-hydrogen) atoms. The summed E-state index contributed by atoms with van der Waals surface area (Å²) in [6.45, 7) is 11.6. The van der Waals surface area contributed by atoms with E-state index in [1.165, 1.54) is 6.20 Å². The van der Waals surface area contributed by atoms with E-state index in [1.807, 2.05) is 0 Å². The van der Waals surface area contributed by atoms with Crippen LogP contribution in [0, 0.1) is 0 Å². The van der Waals surface area contributed by atoms with Gasteiger partial charge in [0.25, 0.3) is 0 Å². The summed E-state index contributed by atoms with van der Waals surface area (Å²) in [5.74, 6) is 0. The van der Waals surface area contributed by atoms with Crippen LogP contribution in [0.2, 0.25) is 23.3 Å². The lowest BCUT2D eigenvalue weighted by Gasteiger charge is -2.35. The molecule has 0 amide bonds. The third kappa shape index (κ3) is 3.54. The zero-order chi connectivity index (χ0) is 12.4. The molecule has 3 nitrogen and oxygen atoms in total. The van der Waals surface area contributed by atoms with Gasteiger partial charge in [-0.15, -0.1) is 0 Å². The highest BCUT2D eigenvalue weighted by Gasteiger charge is 2.37. The van der Waals surface area contributed by atoms with Gasteiger partial charge in [0.1, 0.15) is 5.15 Å². The van der Waals surface area contributed by atoms with Gasteiger partial charge in [-0.3, -0.25) is 4.98 Å². The standard InChI is InChI=1S/C11H19ClN2OSi/c1-11(2,3)16(4,5)15-8-9-6-13-7-10(12)14-9/h6-7H,8H2,1-5H3. The Labute approximate surface area is 103 Å². The highest BCUT2D eigenvalue weighted by atomic mass is 35.5. The molecular weight excluding hydrogens is 240 g/mol. The molecule has 5 heteroatoms. The fraction of sp³-hybridized carbons (Fsp3) is 0.636. The topological polar surface area (TPSA) is 35.0 Å². The molecule has 1 aromatic heterocycles. The summed E-state index contributed by atoms with van der Waals surface area (Å²) in [4.78, 5) is 8.15. The molecule has 90 valence electrons. The van der Waals surface area contributed by atoms with E-state index in [0.717, 1.165) is 5.69 Å². The second kappa shape index (κ2) is 4.81. The first-order valence-electron chi connectivity index (χ1n) is 5.33. The smallest absolute Gasteiger partial charge is 0.192 e. The lowest BCUT2D eigenvalue weighted by Crippen LogP contribution is -2.40. The lowest BCUT2D eigenvalue weighted by molar-refractivity contribution is 0.271. The van der Waals surface area contributed by atoms with Crippen molar-refractivity contribution in [2.24, 2.45) is 0 Å². The van der Waals surface area contributed by atoms with Crippen molar-refractivity contribution in [3.05, 3.63) is 23.2 Å². The maximum Gasteiger partial charge on any atom is 0.192 e. The summed E-state index contributed by atoms with van der Waals surface area (Å²) in [5.41, 5.74) is 0.789. The fourth-order valence-corrected chi connectivity index (χ4v) is 2.03. The van der Waals surface area contributed by atoms with Gasteiger partial charge < -0.3 is 4.43 Å². The molecule has 0 spiro atoms. The van der Waals surface area contributed by atoms with Crippen LogP contribution >= 0.6 is 11.6 Å². The zero-order valence-corrected chi connectivity index (χ0v) is 12.3. The van der Waals surface area contributed by atoms with Gasteiger partial charge in [-0.2, -0.15) is 0 Å². The summed E-state index contributed by atoms with van der Waals surface area (Å²) in [5, 5.41) is 0.621. The third-order valence-electron chi connectivity index (χ3n) is 3.04. The summed E-state index contributed by atoms with van der Waals surface area (Å²) in [6.07, 6.45) is 3.22. The SMILES string of the molecule is CC(C)(C)[Si](C)(C)OCc1cncc(Cl)n1. The van der Waals surface area contributed by atoms with Gasteiger partial charge in [0.2, 0.25) is 0 Å². The van der Waals surface area contributed by atoms with Crippen LogP contribution in [0.25, 0.3) is 0 Å². The molecule has 1 heterocycles. The van der Waals surface area contributed by atoms with Gasteiger partial charge in [-0.25, -0.2) is 4.98 Å². The predicted octanol–water partition coefficient (Wildman–Crippen LogP) is 3.65. The van der Waals surface area contributed by atoms with Crippen LogP contribution < -0.4 is 0 Å². The highest BCUT2D eigenvalue weighted by molar-refractivity contribution is 6.74. The van der Waals surface area contributed by atoms with E-state index in [9.17, 15) is 0 Å². The van der Waals surface area contributed by atoms with Crippen molar-refractivity contribution in [2.75, 3.05) is 0 Å². The Bertz CT molecular complexity index is 363. The molecule has 0 bridgehead atoms. The Balaban J connectivity index is 2.65. The molecule has 0 aliphatic rings. The molecule has 0 saturated carbocycles. The Kier molecular flexibility index (Phi) is 4.10. The zero-order valence-electron chi connectivity index (χ0n) is 10.5. The van der Waals surface area contributed by atoms with E-state index in [1.54, 1.807) is 6.20 Å². The van der Waals surface area contributed by atoms with Crippen LogP contribution in [0.4, 0.5) is 0 Å². The normalized spacial score (nSPS) is 12.9. The molecule has 0 aliphatic heterocycles. The highest BCUT2D eigenvalue weighted by Crippen LogP contribution is 2.36. The second-order valence-electron chi connectivity index (χ2n) is 5.38. The Morgan fingerprint density at radius 2 is 1.94 bits per heavy atom. The van der Waals surface area contributed by atoms with E-state index in [0.29, 0.717) is 11.8 Å². The van der Waals surface area contributed by atoms with E-state index < -0.39 is 8.32 Å². The molecule has 0 aromatic carbocycles. The number of hydrogen-bond donors (Lipinski definition) is 0. The monoisotopic (exact) mass is 258 g/mol. The van der Waals surface area contributed by atoms with Crippen molar-refractivity contribution in [2.45, 2.75) is 45.5 Å². The lowest BCUT2D eigenvalue weighted by atomic mass is 10.2. The number of nitrogens with zero attached hydrogens (tertiary/aromatic N) is 2. The number of hydrogen-bond acceptors (Lipinski definition) is 3. The minimum atomic E-state index is -1.72. The van der Waals surface area contributed by atoms with Gasteiger partial charge in [-0.05, 0) is 18.1 Å². The maximum absolute atomic E-state index is 6.01. The molecule has 1 aromatic rings. The van der Waals surface area contributed by atoms with E-state index in [-0.39, 0.29) is 5.04 Å². The summed E-state index contributed by atoms with van der Waals surface area (Å²) in [6, 6.07) is 0. The van der Waals surface area contributed by atoms with Crippen LogP contribution in [0.1, 0.15) is 26.5 Å². The summed E-state index contributed by atoms with van der Waals surface area (Å²) in [7, 11) is -1.72. The minimum absolute atomic E-state index is 0.207. The molecule has 1 rings (SSSR count). The molecule has 0 unspecified atom stereocenters. The van der Waals surface area contributed by atoms with Gasteiger partial charge in [0.15, 0.2) is 8.32 Å². The van der Waals surface area contributed by atoms with Gasteiger partial charge in [-0.1, -0.05) is 32.4 Å². The average Bonchev–Trinajstić information content (AvgIpc) is 2.13. The first kappa shape index (κ1) is 13.6. The van der Waals surface area contributed by atoms with Crippen molar-refractivity contribution in [3.8, 4) is 0 Å². The van der Waals surface area contributed by atoms with E-state index in [2.05, 4.69) is 43.8 Å². The molecule has 0 aliphatic carbocycles. The Morgan fingerprint density at radius 3 is 2.44 bits per heavy atom. The van der Waals surface area contributed by atoms with Gasteiger partial charge in [0.05, 0.1) is 24.7 Å². The molecule has 0 fully saturated rings. The molecule has 0 N–H and O–H groups in total. The van der Waals surface area contributed by atoms with Crippen molar-refractivity contribution in [3.63, 3.8) is 0 Å². The summed E-state index contributed by atoms with van der Waals surface area (Å²) < 4.78 is 6.01. The average molecular weight is 259 g/mol. The number of rotatable bonds is 3.